The van der Waals surface area contributed by atoms with Gasteiger partial charge in [-0.25, -0.2) is 0 Å². The van der Waals surface area contributed by atoms with E-state index in [1.807, 2.05) is 37.3 Å². The molecule has 0 aromatic heterocycles. The average molecular weight is 411 g/mol. The van der Waals surface area contributed by atoms with E-state index in [1.54, 1.807) is 7.11 Å². The molecule has 30 heavy (non-hydrogen) atoms. The summed E-state index contributed by atoms with van der Waals surface area (Å²) in [5.41, 5.74) is 2.38. The Labute approximate surface area is 180 Å². The van der Waals surface area contributed by atoms with E-state index in [1.165, 1.54) is 5.56 Å². The highest BCUT2D eigenvalue weighted by Crippen LogP contribution is 2.20. The lowest BCUT2D eigenvalue weighted by molar-refractivity contribution is 0.0597. The summed E-state index contributed by atoms with van der Waals surface area (Å²) in [7, 11) is 1.70. The third-order valence-electron chi connectivity index (χ3n) is 5.57. The Kier molecular flexibility index (Phi) is 8.75. The van der Waals surface area contributed by atoms with Crippen LogP contribution in [0.3, 0.4) is 0 Å². The van der Waals surface area contributed by atoms with Crippen LogP contribution in [0.5, 0.6) is 11.5 Å². The van der Waals surface area contributed by atoms with Crippen LogP contribution in [0.1, 0.15) is 24.5 Å². The van der Waals surface area contributed by atoms with Crippen LogP contribution < -0.4 is 9.47 Å². The first-order chi connectivity index (χ1) is 14.7. The van der Waals surface area contributed by atoms with E-state index >= 15 is 0 Å². The van der Waals surface area contributed by atoms with Crippen molar-refractivity contribution in [3.8, 4) is 11.5 Å². The van der Waals surface area contributed by atoms with Crippen molar-refractivity contribution in [1.82, 2.24) is 9.80 Å². The van der Waals surface area contributed by atoms with Gasteiger partial charge in [-0.1, -0.05) is 42.5 Å². The number of aliphatic hydroxyl groups is 1. The van der Waals surface area contributed by atoms with Crippen LogP contribution in [0.25, 0.3) is 6.08 Å². The molecule has 5 nitrogen and oxygen atoms in total. The minimum absolute atomic E-state index is 0.218. The van der Waals surface area contributed by atoms with Crippen LogP contribution in [-0.2, 0) is 6.54 Å². The zero-order valence-electron chi connectivity index (χ0n) is 18.2. The monoisotopic (exact) mass is 410 g/mol. The number of rotatable bonds is 10. The molecule has 1 aliphatic rings. The number of para-hydroxylation sites is 1. The van der Waals surface area contributed by atoms with E-state index < -0.39 is 0 Å². The third kappa shape index (κ3) is 6.33. The molecule has 0 radical (unpaired) electrons. The lowest BCUT2D eigenvalue weighted by Crippen LogP contribution is -2.52. The lowest BCUT2D eigenvalue weighted by atomic mass is 10.1. The zero-order chi connectivity index (χ0) is 21.2. The minimum Gasteiger partial charge on any atom is -0.496 e. The maximum Gasteiger partial charge on any atom is 0.126 e. The van der Waals surface area contributed by atoms with E-state index in [9.17, 15) is 5.11 Å². The molecule has 1 heterocycles. The smallest absolute Gasteiger partial charge is 0.126 e. The highest BCUT2D eigenvalue weighted by Gasteiger charge is 2.26. The second-order valence-corrected chi connectivity index (χ2v) is 7.62. The molecule has 1 aliphatic heterocycles. The summed E-state index contributed by atoms with van der Waals surface area (Å²) >= 11 is 0. The summed E-state index contributed by atoms with van der Waals surface area (Å²) in [6.45, 7) is 7.70. The van der Waals surface area contributed by atoms with Crippen molar-refractivity contribution in [3.63, 3.8) is 0 Å². The Bertz CT molecular complexity index is 791. The van der Waals surface area contributed by atoms with Gasteiger partial charge in [-0.3, -0.25) is 9.80 Å². The van der Waals surface area contributed by atoms with Gasteiger partial charge in [-0.2, -0.15) is 0 Å². The molecule has 0 amide bonds. The molecule has 1 fully saturated rings. The lowest BCUT2D eigenvalue weighted by Gasteiger charge is -2.41. The van der Waals surface area contributed by atoms with Crippen molar-refractivity contribution in [2.24, 2.45) is 0 Å². The Morgan fingerprint density at radius 1 is 1.10 bits per heavy atom. The number of aliphatic hydroxyl groups excluding tert-OH is 1. The molecule has 1 saturated heterocycles. The predicted octanol–water partition coefficient (Wildman–Crippen LogP) is 3.68. The maximum absolute atomic E-state index is 9.58. The van der Waals surface area contributed by atoms with Crippen LogP contribution in [-0.4, -0.2) is 67.5 Å². The molecule has 5 heteroatoms. The molecule has 162 valence electrons. The van der Waals surface area contributed by atoms with Gasteiger partial charge in [0.05, 0.1) is 13.7 Å². The van der Waals surface area contributed by atoms with Gasteiger partial charge in [0, 0.05) is 50.9 Å². The van der Waals surface area contributed by atoms with Gasteiger partial charge in [0.25, 0.3) is 0 Å². The van der Waals surface area contributed by atoms with E-state index in [4.69, 9.17) is 9.47 Å². The number of benzene rings is 2. The van der Waals surface area contributed by atoms with E-state index in [-0.39, 0.29) is 6.61 Å². The van der Waals surface area contributed by atoms with Gasteiger partial charge in [0.2, 0.25) is 0 Å². The maximum atomic E-state index is 9.58. The van der Waals surface area contributed by atoms with Gasteiger partial charge in [-0.15, -0.1) is 0 Å². The summed E-state index contributed by atoms with van der Waals surface area (Å²) < 4.78 is 11.0. The fourth-order valence-corrected chi connectivity index (χ4v) is 3.98. The first kappa shape index (κ1) is 22.3. The summed E-state index contributed by atoms with van der Waals surface area (Å²) in [4.78, 5) is 4.95. The largest absolute Gasteiger partial charge is 0.496 e. The summed E-state index contributed by atoms with van der Waals surface area (Å²) in [6.07, 6.45) is 5.13. The standard InChI is InChI=1S/C25H34N2O3/c1-3-30-24-12-10-21(11-13-24)19-27-17-16-26(20-23(27)14-18-28)15-6-8-22-7-4-5-9-25(22)29-2/h4-13,23,28H,3,14-20H2,1-2H3. The first-order valence-electron chi connectivity index (χ1n) is 10.8. The summed E-state index contributed by atoms with van der Waals surface area (Å²) in [5, 5.41) is 9.58. The van der Waals surface area contributed by atoms with Crippen molar-refractivity contribution < 1.29 is 14.6 Å². The molecule has 0 spiro atoms. The molecule has 0 bridgehead atoms. The Morgan fingerprint density at radius 2 is 1.90 bits per heavy atom. The van der Waals surface area contributed by atoms with Gasteiger partial charge in [0.1, 0.15) is 11.5 Å². The van der Waals surface area contributed by atoms with Crippen LogP contribution in [0.15, 0.2) is 54.6 Å². The number of piperazine rings is 1. The van der Waals surface area contributed by atoms with Crippen LogP contribution in [0, 0.1) is 0 Å². The van der Waals surface area contributed by atoms with E-state index in [0.717, 1.165) is 56.2 Å². The zero-order valence-corrected chi connectivity index (χ0v) is 18.2. The molecular weight excluding hydrogens is 376 g/mol. The molecule has 3 rings (SSSR count). The van der Waals surface area contributed by atoms with E-state index in [0.29, 0.717) is 12.6 Å². The second kappa shape index (κ2) is 11.7. The highest BCUT2D eigenvalue weighted by molar-refractivity contribution is 5.57. The Hall–Kier alpha value is -2.34. The number of ether oxygens (including phenoxy) is 2. The van der Waals surface area contributed by atoms with Crippen molar-refractivity contribution >= 4 is 6.08 Å². The fourth-order valence-electron chi connectivity index (χ4n) is 3.98. The molecule has 1 atom stereocenters. The molecule has 0 saturated carbocycles. The molecule has 1 unspecified atom stereocenters. The van der Waals surface area contributed by atoms with Gasteiger partial charge in [0.15, 0.2) is 0 Å². The molecule has 0 aliphatic carbocycles. The predicted molar refractivity (Wildman–Crippen MR) is 122 cm³/mol. The topological polar surface area (TPSA) is 45.2 Å². The van der Waals surface area contributed by atoms with Crippen molar-refractivity contribution in [2.75, 3.05) is 46.5 Å². The molecule has 2 aromatic carbocycles. The van der Waals surface area contributed by atoms with Crippen molar-refractivity contribution in [2.45, 2.75) is 25.9 Å². The van der Waals surface area contributed by atoms with Crippen molar-refractivity contribution in [1.29, 1.82) is 0 Å². The minimum atomic E-state index is 0.218. The highest BCUT2D eigenvalue weighted by atomic mass is 16.5. The van der Waals surface area contributed by atoms with Gasteiger partial charge in [-0.05, 0) is 37.1 Å². The second-order valence-electron chi connectivity index (χ2n) is 7.62. The molecule has 1 N–H and O–H groups in total. The molecular formula is C25H34N2O3. The van der Waals surface area contributed by atoms with Crippen LogP contribution >= 0.6 is 0 Å². The number of hydrogen-bond acceptors (Lipinski definition) is 5. The normalized spacial score (nSPS) is 18.0. The Morgan fingerprint density at radius 3 is 2.63 bits per heavy atom. The summed E-state index contributed by atoms with van der Waals surface area (Å²) in [6, 6.07) is 16.8. The first-order valence-corrected chi connectivity index (χ1v) is 10.8. The molecule has 2 aromatic rings. The number of hydrogen-bond donors (Lipinski definition) is 1. The summed E-state index contributed by atoms with van der Waals surface area (Å²) in [5.74, 6) is 1.81. The number of nitrogens with zero attached hydrogens (tertiary/aromatic N) is 2. The van der Waals surface area contributed by atoms with Gasteiger partial charge < -0.3 is 14.6 Å². The Balaban J connectivity index is 1.55. The average Bonchev–Trinajstić information content (AvgIpc) is 2.77. The SMILES string of the molecule is CCOc1ccc(CN2CCN(CC=Cc3ccccc3OC)CC2CCO)cc1. The van der Waals surface area contributed by atoms with Crippen molar-refractivity contribution in [3.05, 3.63) is 65.7 Å². The van der Waals surface area contributed by atoms with Gasteiger partial charge >= 0.3 is 0 Å². The number of methoxy groups -OCH3 is 1. The van der Waals surface area contributed by atoms with Crippen LogP contribution in [0.2, 0.25) is 0 Å². The fraction of sp³-hybridized carbons (Fsp3) is 0.440. The third-order valence-corrected chi connectivity index (χ3v) is 5.57. The quantitative estimate of drug-likeness (QED) is 0.647. The van der Waals surface area contributed by atoms with Crippen LogP contribution in [0.4, 0.5) is 0 Å². The van der Waals surface area contributed by atoms with E-state index in [2.05, 4.69) is 40.2 Å².